The highest BCUT2D eigenvalue weighted by molar-refractivity contribution is 5.91. The first-order chi connectivity index (χ1) is 18.9. The second-order valence-corrected chi connectivity index (χ2v) is 10.8. The average molecular weight is 532 g/mol. The van der Waals surface area contributed by atoms with Crippen molar-refractivity contribution >= 4 is 28.8 Å². The van der Waals surface area contributed by atoms with Crippen LogP contribution < -0.4 is 11.1 Å². The Balaban J connectivity index is 1.24. The fraction of sp³-hybridized carbons (Fsp3) is 0.483. The van der Waals surface area contributed by atoms with Gasteiger partial charge in [0, 0.05) is 39.6 Å². The van der Waals surface area contributed by atoms with Crippen molar-refractivity contribution in [3.05, 3.63) is 59.7 Å². The number of carbonyl (C=O) groups is 3. The fourth-order valence-electron chi connectivity index (χ4n) is 5.75. The number of aromatic nitrogens is 3. The van der Waals surface area contributed by atoms with Crippen LogP contribution in [0.5, 0.6) is 0 Å². The molecule has 206 valence electrons. The van der Waals surface area contributed by atoms with Gasteiger partial charge in [-0.3, -0.25) is 14.4 Å². The van der Waals surface area contributed by atoms with Crippen molar-refractivity contribution in [1.82, 2.24) is 30.1 Å². The molecule has 5 rings (SSSR count). The summed E-state index contributed by atoms with van der Waals surface area (Å²) >= 11 is 0. The molecule has 10 heteroatoms. The number of rotatable bonds is 9. The first kappa shape index (κ1) is 26.8. The van der Waals surface area contributed by atoms with Crippen LogP contribution in [0.3, 0.4) is 0 Å². The van der Waals surface area contributed by atoms with E-state index in [1.54, 1.807) is 9.58 Å². The normalized spacial score (nSPS) is 19.9. The monoisotopic (exact) mass is 531 g/mol. The van der Waals surface area contributed by atoms with Crippen LogP contribution in [0.25, 0.3) is 11.0 Å². The van der Waals surface area contributed by atoms with Crippen LogP contribution in [0.1, 0.15) is 43.2 Å². The zero-order chi connectivity index (χ0) is 27.4. The number of nitrogens with one attached hydrogen (secondary N) is 1. The van der Waals surface area contributed by atoms with E-state index in [0.717, 1.165) is 48.9 Å². The number of carbonyl (C=O) groups excluding carboxylic acids is 3. The molecular weight excluding hydrogens is 494 g/mol. The third kappa shape index (κ3) is 6.27. The maximum Gasteiger partial charge on any atom is 0.243 e. The number of aryl methyl sites for hydroxylation is 1. The summed E-state index contributed by atoms with van der Waals surface area (Å²) in [6.07, 6.45) is 3.92. The smallest absolute Gasteiger partial charge is 0.243 e. The lowest BCUT2D eigenvalue weighted by atomic mass is 9.96. The van der Waals surface area contributed by atoms with Gasteiger partial charge in [0.05, 0.1) is 11.6 Å². The quantitative estimate of drug-likeness (QED) is 0.433. The number of nitrogens with two attached hydrogens (primary N) is 1. The van der Waals surface area contributed by atoms with Gasteiger partial charge in [-0.15, -0.1) is 5.10 Å². The summed E-state index contributed by atoms with van der Waals surface area (Å²) in [7, 11) is 1.83. The van der Waals surface area contributed by atoms with Crippen molar-refractivity contribution in [2.75, 3.05) is 19.6 Å². The Morgan fingerprint density at radius 2 is 1.85 bits per heavy atom. The molecule has 0 saturated carbocycles. The molecule has 2 aromatic carbocycles. The van der Waals surface area contributed by atoms with E-state index in [1.165, 1.54) is 5.56 Å². The Bertz CT molecular complexity index is 1320. The van der Waals surface area contributed by atoms with E-state index < -0.39 is 12.1 Å². The maximum atomic E-state index is 13.5. The molecule has 1 aromatic heterocycles. The van der Waals surface area contributed by atoms with Gasteiger partial charge in [0.25, 0.3) is 0 Å². The molecule has 2 aliphatic heterocycles. The number of fused-ring (bicyclic) bond motifs is 1. The Labute approximate surface area is 228 Å². The van der Waals surface area contributed by atoms with E-state index in [2.05, 4.69) is 27.8 Å². The number of nitrogens with zero attached hydrogens (tertiary/aromatic N) is 5. The van der Waals surface area contributed by atoms with Crippen molar-refractivity contribution in [2.45, 2.75) is 57.2 Å². The van der Waals surface area contributed by atoms with E-state index >= 15 is 0 Å². The van der Waals surface area contributed by atoms with E-state index in [4.69, 9.17) is 5.73 Å². The van der Waals surface area contributed by atoms with Gasteiger partial charge in [-0.25, -0.2) is 4.68 Å². The Morgan fingerprint density at radius 3 is 2.62 bits per heavy atom. The molecule has 3 aromatic rings. The van der Waals surface area contributed by atoms with Gasteiger partial charge in [0.1, 0.15) is 11.6 Å². The minimum atomic E-state index is -0.818. The van der Waals surface area contributed by atoms with E-state index in [1.807, 2.05) is 48.3 Å². The topological polar surface area (TPSA) is 126 Å². The van der Waals surface area contributed by atoms with Crippen molar-refractivity contribution in [3.8, 4) is 0 Å². The van der Waals surface area contributed by atoms with Gasteiger partial charge in [0.15, 0.2) is 0 Å². The molecule has 10 nitrogen and oxygen atoms in total. The van der Waals surface area contributed by atoms with Crippen molar-refractivity contribution in [2.24, 2.45) is 18.7 Å². The zero-order valence-corrected chi connectivity index (χ0v) is 22.5. The summed E-state index contributed by atoms with van der Waals surface area (Å²) in [5.41, 5.74) is 10.1. The van der Waals surface area contributed by atoms with Crippen LogP contribution in [0.2, 0.25) is 0 Å². The van der Waals surface area contributed by atoms with Gasteiger partial charge < -0.3 is 20.9 Å². The molecular formula is C29H37N7O3. The number of hydrogen-bond acceptors (Lipinski definition) is 6. The summed E-state index contributed by atoms with van der Waals surface area (Å²) in [6, 6.07) is 14.5. The molecule has 0 bridgehead atoms. The van der Waals surface area contributed by atoms with Crippen LogP contribution in [-0.2, 0) is 34.4 Å². The molecule has 3 N–H and O–H groups in total. The molecule has 2 aliphatic rings. The van der Waals surface area contributed by atoms with E-state index in [-0.39, 0.29) is 36.5 Å². The van der Waals surface area contributed by atoms with Crippen molar-refractivity contribution < 1.29 is 14.4 Å². The minimum absolute atomic E-state index is 0.0495. The molecule has 3 heterocycles. The molecule has 2 saturated heterocycles. The average Bonchev–Trinajstić information content (AvgIpc) is 3.71. The molecule has 3 unspecified atom stereocenters. The third-order valence-electron chi connectivity index (χ3n) is 7.93. The summed E-state index contributed by atoms with van der Waals surface area (Å²) < 4.78 is 1.70. The number of benzene rings is 2. The van der Waals surface area contributed by atoms with E-state index in [0.29, 0.717) is 19.5 Å². The lowest BCUT2D eigenvalue weighted by Gasteiger charge is -2.27. The number of likely N-dealkylation sites (tertiary alicyclic amines) is 2. The Hall–Kier alpha value is -3.79. The first-order valence-electron chi connectivity index (χ1n) is 13.8. The van der Waals surface area contributed by atoms with Crippen molar-refractivity contribution in [1.29, 1.82) is 0 Å². The molecule has 0 aliphatic carbocycles. The van der Waals surface area contributed by atoms with Crippen LogP contribution in [0.15, 0.2) is 48.5 Å². The van der Waals surface area contributed by atoms with Gasteiger partial charge in [-0.2, -0.15) is 0 Å². The summed E-state index contributed by atoms with van der Waals surface area (Å²) in [5.74, 6) is -0.269. The highest BCUT2D eigenvalue weighted by atomic mass is 16.2. The standard InChI is InChI=1S/C29H37N7O3/c1-34-25-11-9-21(16-24(25)32-33-34)18-31-28(38)26-17-22(15-20-7-3-2-4-8-20)19-36(26)29(39)23(30)10-12-27(37)35-13-5-6-14-35/h2-4,7-9,11,16,22-23,26H,5-6,10,12-15,17-19,30H2,1H3,(H,31,38). The first-order valence-corrected chi connectivity index (χ1v) is 13.8. The zero-order valence-electron chi connectivity index (χ0n) is 22.5. The predicted molar refractivity (Wildman–Crippen MR) is 147 cm³/mol. The lowest BCUT2D eigenvalue weighted by Crippen LogP contribution is -2.51. The van der Waals surface area contributed by atoms with Gasteiger partial charge in [-0.1, -0.05) is 41.6 Å². The molecule has 0 spiro atoms. The number of amides is 3. The highest BCUT2D eigenvalue weighted by Crippen LogP contribution is 2.28. The molecule has 2 fully saturated rings. The molecule has 3 atom stereocenters. The Morgan fingerprint density at radius 1 is 1.08 bits per heavy atom. The fourth-order valence-corrected chi connectivity index (χ4v) is 5.75. The van der Waals surface area contributed by atoms with Crippen LogP contribution in [0.4, 0.5) is 0 Å². The van der Waals surface area contributed by atoms with Crippen molar-refractivity contribution in [3.63, 3.8) is 0 Å². The summed E-state index contributed by atoms with van der Waals surface area (Å²) in [6.45, 7) is 2.34. The van der Waals surface area contributed by atoms with E-state index in [9.17, 15) is 14.4 Å². The van der Waals surface area contributed by atoms with Gasteiger partial charge >= 0.3 is 0 Å². The maximum absolute atomic E-state index is 13.5. The third-order valence-corrected chi connectivity index (χ3v) is 7.93. The second kappa shape index (κ2) is 11.9. The summed E-state index contributed by atoms with van der Waals surface area (Å²) in [5, 5.41) is 11.2. The van der Waals surface area contributed by atoms with Gasteiger partial charge in [-0.05, 0) is 61.3 Å². The second-order valence-electron chi connectivity index (χ2n) is 10.8. The molecule has 0 radical (unpaired) electrons. The molecule has 39 heavy (non-hydrogen) atoms. The number of hydrogen-bond donors (Lipinski definition) is 2. The van der Waals surface area contributed by atoms with Gasteiger partial charge in [0.2, 0.25) is 17.7 Å². The predicted octanol–water partition coefficient (Wildman–Crippen LogP) is 1.77. The van der Waals surface area contributed by atoms with Crippen LogP contribution in [0, 0.1) is 5.92 Å². The van der Waals surface area contributed by atoms with Crippen LogP contribution in [-0.4, -0.2) is 74.2 Å². The molecule has 3 amide bonds. The Kier molecular flexibility index (Phi) is 8.21. The SMILES string of the molecule is Cn1nnc2cc(CNC(=O)C3CC(Cc4ccccc4)CN3C(=O)C(N)CCC(=O)N3CCCC3)ccc21. The minimum Gasteiger partial charge on any atom is -0.350 e. The highest BCUT2D eigenvalue weighted by Gasteiger charge is 2.41. The van der Waals surface area contributed by atoms with Crippen LogP contribution >= 0.6 is 0 Å². The lowest BCUT2D eigenvalue weighted by molar-refractivity contribution is -0.140. The summed E-state index contributed by atoms with van der Waals surface area (Å²) in [4.78, 5) is 42.9. The largest absolute Gasteiger partial charge is 0.350 e.